The lowest BCUT2D eigenvalue weighted by atomic mass is 10.1. The van der Waals surface area contributed by atoms with Crippen LogP contribution in [0.2, 0.25) is 0 Å². The molecule has 0 unspecified atom stereocenters. The number of nitrogens with zero attached hydrogens (tertiary/aromatic N) is 5. The largest absolute Gasteiger partial charge is 0.758 e. The zero-order valence-electron chi connectivity index (χ0n) is 16.8. The molecular formula is C23H19IN6O-. The topological polar surface area (TPSA) is 85.1 Å². The number of aliphatic imine (C=N–C) groups is 1. The van der Waals surface area contributed by atoms with E-state index in [1.54, 1.807) is 4.57 Å². The maximum Gasteiger partial charge on any atom is 0.264 e. The van der Waals surface area contributed by atoms with E-state index in [9.17, 15) is 4.79 Å². The minimum absolute atomic E-state index is 0.0762. The smallest absolute Gasteiger partial charge is 0.264 e. The van der Waals surface area contributed by atoms with E-state index in [2.05, 4.69) is 49.8 Å². The van der Waals surface area contributed by atoms with Crippen molar-refractivity contribution < 1.29 is 22.6 Å². The van der Waals surface area contributed by atoms with Crippen LogP contribution in [-0.4, -0.2) is 25.7 Å². The van der Waals surface area contributed by atoms with Gasteiger partial charge in [-0.15, -0.1) is 0 Å². The fourth-order valence-corrected chi connectivity index (χ4v) is 4.55. The van der Waals surface area contributed by atoms with Crippen LogP contribution < -0.4 is 33.5 Å². The molecule has 8 heteroatoms. The highest BCUT2D eigenvalue weighted by Gasteiger charge is 2.23. The molecule has 1 N–H and O–H groups in total. The van der Waals surface area contributed by atoms with Gasteiger partial charge < -0.3 is 27.9 Å². The van der Waals surface area contributed by atoms with Gasteiger partial charge in [0.25, 0.3) is 5.56 Å². The summed E-state index contributed by atoms with van der Waals surface area (Å²) < 4.78 is 2.60. The summed E-state index contributed by atoms with van der Waals surface area (Å²) in [6.07, 6.45) is 4.75. The quantitative estimate of drug-likeness (QED) is 0.391. The number of para-hydroxylation sites is 1. The van der Waals surface area contributed by atoms with Gasteiger partial charge in [0.1, 0.15) is 18.0 Å². The van der Waals surface area contributed by atoms with Crippen LogP contribution in [-0.2, 0) is 6.42 Å². The van der Waals surface area contributed by atoms with Crippen molar-refractivity contribution >= 4 is 28.8 Å². The third kappa shape index (κ3) is 3.50. The van der Waals surface area contributed by atoms with Crippen molar-refractivity contribution in [3.63, 3.8) is 0 Å². The lowest BCUT2D eigenvalue weighted by Crippen LogP contribution is -3.34. The van der Waals surface area contributed by atoms with Crippen LogP contribution in [0.15, 0.2) is 64.6 Å². The SMILES string of the molecule is CC[C@H](Nc1ncnc2c1CC=N2)c1nc2cccc([I-])c2c(=O)n1-c1ccccc1. The van der Waals surface area contributed by atoms with Gasteiger partial charge in [0.05, 0.1) is 17.2 Å². The number of aromatic nitrogens is 4. The molecule has 3 heterocycles. The average Bonchev–Trinajstić information content (AvgIpc) is 3.27. The number of fused-ring (bicyclic) bond motifs is 2. The molecule has 5 rings (SSSR count). The monoisotopic (exact) mass is 522 g/mol. The Bertz CT molecular complexity index is 1370. The number of rotatable bonds is 5. The standard InChI is InChI=1S/C23H19IN6O/c1-2-17(28-21-15-11-12-25-20(15)26-13-27-21)22-29-18-10-6-9-16(24)19(18)23(31)30(22)14-7-4-3-5-8-14/h3-10,12-13,17H,2,11H2,1H3,(H,26,27,28)/q-1/t17-/m0/s1. The summed E-state index contributed by atoms with van der Waals surface area (Å²) >= 11 is 2.20. The maximum atomic E-state index is 13.7. The Morgan fingerprint density at radius 1 is 1.13 bits per heavy atom. The molecule has 2 aromatic carbocycles. The van der Waals surface area contributed by atoms with Crippen LogP contribution in [0, 0.1) is 3.57 Å². The summed E-state index contributed by atoms with van der Waals surface area (Å²) in [5, 5.41) is 4.13. The van der Waals surface area contributed by atoms with Crippen molar-refractivity contribution in [2.24, 2.45) is 4.99 Å². The number of nitrogens with one attached hydrogen (secondary N) is 1. The van der Waals surface area contributed by atoms with Crippen LogP contribution in [0.4, 0.5) is 11.6 Å². The Morgan fingerprint density at radius 2 is 1.97 bits per heavy atom. The average molecular weight is 522 g/mol. The first kappa shape index (κ1) is 19.8. The molecule has 0 aliphatic carbocycles. The highest BCUT2D eigenvalue weighted by atomic mass is 127. The molecule has 0 bridgehead atoms. The van der Waals surface area contributed by atoms with Gasteiger partial charge in [0.2, 0.25) is 0 Å². The maximum absolute atomic E-state index is 13.7. The van der Waals surface area contributed by atoms with Crippen molar-refractivity contribution in [3.05, 3.63) is 80.2 Å². The number of hydrogen-bond donors (Lipinski definition) is 1. The molecule has 4 aromatic rings. The second-order valence-corrected chi connectivity index (χ2v) is 8.39. The molecule has 1 radical (unpaired) electrons. The van der Waals surface area contributed by atoms with Crippen molar-refractivity contribution in [2.45, 2.75) is 25.8 Å². The Balaban J connectivity index is 1.71. The molecule has 0 spiro atoms. The van der Waals surface area contributed by atoms with Crippen LogP contribution in [0.3, 0.4) is 0 Å². The van der Waals surface area contributed by atoms with Crippen molar-refractivity contribution in [1.82, 2.24) is 19.5 Å². The summed E-state index contributed by atoms with van der Waals surface area (Å²) in [4.78, 5) is 31.6. The Kier molecular flexibility index (Phi) is 5.23. The van der Waals surface area contributed by atoms with Crippen molar-refractivity contribution in [1.29, 1.82) is 0 Å². The van der Waals surface area contributed by atoms with Gasteiger partial charge in [-0.2, -0.15) is 3.57 Å². The molecule has 0 amide bonds. The van der Waals surface area contributed by atoms with E-state index in [-0.39, 0.29) is 11.6 Å². The molecular weight excluding hydrogens is 503 g/mol. The van der Waals surface area contributed by atoms with E-state index in [1.807, 2.05) is 54.7 Å². The summed E-state index contributed by atoms with van der Waals surface area (Å²) in [5.74, 6) is 2.07. The van der Waals surface area contributed by atoms with Crippen LogP contribution in [0.5, 0.6) is 0 Å². The Labute approximate surface area is 192 Å². The fourth-order valence-electron chi connectivity index (χ4n) is 3.83. The molecule has 7 nitrogen and oxygen atoms in total. The molecule has 155 valence electrons. The minimum Gasteiger partial charge on any atom is -0.758 e. The second-order valence-electron chi connectivity index (χ2n) is 7.23. The molecule has 31 heavy (non-hydrogen) atoms. The Morgan fingerprint density at radius 3 is 2.77 bits per heavy atom. The van der Waals surface area contributed by atoms with Gasteiger partial charge in [-0.3, -0.25) is 9.36 Å². The van der Waals surface area contributed by atoms with E-state index in [0.717, 1.165) is 20.6 Å². The Hall–Kier alpha value is -3.14. The summed E-state index contributed by atoms with van der Waals surface area (Å²) in [7, 11) is 0. The van der Waals surface area contributed by atoms with E-state index < -0.39 is 0 Å². The predicted molar refractivity (Wildman–Crippen MR) is 117 cm³/mol. The van der Waals surface area contributed by atoms with Gasteiger partial charge in [0.15, 0.2) is 5.82 Å². The van der Waals surface area contributed by atoms with E-state index in [0.29, 0.717) is 35.4 Å². The number of anilines is 1. The van der Waals surface area contributed by atoms with E-state index in [4.69, 9.17) is 4.98 Å². The zero-order chi connectivity index (χ0) is 21.4. The zero-order valence-corrected chi connectivity index (χ0v) is 18.9. The van der Waals surface area contributed by atoms with Crippen LogP contribution >= 0.6 is 0 Å². The van der Waals surface area contributed by atoms with Gasteiger partial charge in [-0.1, -0.05) is 37.3 Å². The van der Waals surface area contributed by atoms with Gasteiger partial charge >= 0.3 is 0 Å². The number of hydrogen-bond acceptors (Lipinski definition) is 6. The second kappa shape index (κ2) is 8.18. The lowest BCUT2D eigenvalue weighted by molar-refractivity contribution is -0.324. The lowest BCUT2D eigenvalue weighted by Gasteiger charge is -2.24. The first-order valence-corrected chi connectivity index (χ1v) is 11.1. The van der Waals surface area contributed by atoms with Crippen LogP contribution in [0.25, 0.3) is 16.6 Å². The minimum atomic E-state index is -0.227. The summed E-state index contributed by atoms with van der Waals surface area (Å²) in [6, 6.07) is 15.2. The molecule has 1 atom stereocenters. The van der Waals surface area contributed by atoms with Gasteiger partial charge in [-0.05, 0) is 24.6 Å². The molecule has 1 aliphatic heterocycles. The molecule has 1 aliphatic rings. The van der Waals surface area contributed by atoms with Crippen molar-refractivity contribution in [2.75, 3.05) is 5.32 Å². The first-order chi connectivity index (χ1) is 15.2. The molecule has 2 aromatic heterocycles. The predicted octanol–water partition coefficient (Wildman–Crippen LogP) is 0.720. The third-order valence-corrected chi connectivity index (χ3v) is 6.25. The van der Waals surface area contributed by atoms with Gasteiger partial charge in [-0.25, -0.2) is 19.9 Å². The van der Waals surface area contributed by atoms with E-state index in [1.165, 1.54) is 6.33 Å². The van der Waals surface area contributed by atoms with E-state index >= 15 is 0 Å². The fraction of sp³-hybridized carbons (Fsp3) is 0.174. The summed E-state index contributed by atoms with van der Waals surface area (Å²) in [6.45, 7) is 2.07. The van der Waals surface area contributed by atoms with Crippen molar-refractivity contribution in [3.8, 4) is 5.69 Å². The van der Waals surface area contributed by atoms with Crippen LogP contribution in [0.1, 0.15) is 30.8 Å². The number of benzene rings is 2. The molecule has 0 saturated heterocycles. The summed E-state index contributed by atoms with van der Waals surface area (Å²) in [5.41, 5.74) is 2.36. The first-order valence-electron chi connectivity index (χ1n) is 10.1. The molecule has 0 saturated carbocycles. The normalized spacial score (nSPS) is 13.4. The highest BCUT2D eigenvalue weighted by molar-refractivity contribution is 5.79. The highest BCUT2D eigenvalue weighted by Crippen LogP contribution is 2.30. The number of halogens is 1. The van der Waals surface area contributed by atoms with Gasteiger partial charge in [0, 0.05) is 23.6 Å². The third-order valence-electron chi connectivity index (χ3n) is 5.35. The molecule has 0 fully saturated rings.